The minimum absolute atomic E-state index is 0.213. The molecule has 1 aliphatic carbocycles. The molecule has 98 valence electrons. The first-order valence-electron chi connectivity index (χ1n) is 5.92. The summed E-state index contributed by atoms with van der Waals surface area (Å²) in [4.78, 5) is 11.4. The molecule has 1 aromatic carbocycles. The minimum Gasteiger partial charge on any atom is -0.465 e. The number of ether oxygens (including phenoxy) is 1. The SMILES string of the molecule is COC(=O)c1ccc(Cl)c(NCC2(CN)CC2)c1. The highest BCUT2D eigenvalue weighted by Gasteiger charge is 2.40. The van der Waals surface area contributed by atoms with Gasteiger partial charge >= 0.3 is 5.97 Å². The molecule has 0 radical (unpaired) electrons. The summed E-state index contributed by atoms with van der Waals surface area (Å²) in [6.07, 6.45) is 2.29. The van der Waals surface area contributed by atoms with Gasteiger partial charge in [-0.3, -0.25) is 0 Å². The number of nitrogens with two attached hydrogens (primary N) is 1. The maximum atomic E-state index is 11.4. The van der Waals surface area contributed by atoms with E-state index in [1.54, 1.807) is 18.2 Å². The van der Waals surface area contributed by atoms with E-state index < -0.39 is 0 Å². The number of methoxy groups -OCH3 is 1. The molecular formula is C13H17ClN2O2. The Balaban J connectivity index is 2.09. The lowest BCUT2D eigenvalue weighted by Crippen LogP contribution is -2.24. The second kappa shape index (κ2) is 5.16. The minimum atomic E-state index is -0.366. The predicted molar refractivity (Wildman–Crippen MR) is 72.0 cm³/mol. The van der Waals surface area contributed by atoms with Crippen LogP contribution in [0.5, 0.6) is 0 Å². The van der Waals surface area contributed by atoms with E-state index in [1.807, 2.05) is 0 Å². The number of anilines is 1. The van der Waals surface area contributed by atoms with Gasteiger partial charge < -0.3 is 15.8 Å². The third-order valence-electron chi connectivity index (χ3n) is 3.43. The summed E-state index contributed by atoms with van der Waals surface area (Å²) in [6.45, 7) is 1.46. The molecular weight excluding hydrogens is 252 g/mol. The normalized spacial score (nSPS) is 16.2. The largest absolute Gasteiger partial charge is 0.465 e. The van der Waals surface area contributed by atoms with Gasteiger partial charge in [-0.25, -0.2) is 4.79 Å². The molecule has 0 aliphatic heterocycles. The zero-order valence-electron chi connectivity index (χ0n) is 10.3. The molecule has 0 atom stereocenters. The highest BCUT2D eigenvalue weighted by molar-refractivity contribution is 6.33. The van der Waals surface area contributed by atoms with Gasteiger partial charge in [0.05, 0.1) is 23.4 Å². The maximum absolute atomic E-state index is 11.4. The van der Waals surface area contributed by atoms with Crippen LogP contribution in [0.4, 0.5) is 5.69 Å². The second-order valence-electron chi connectivity index (χ2n) is 4.74. The molecule has 0 heterocycles. The number of nitrogens with one attached hydrogen (secondary N) is 1. The van der Waals surface area contributed by atoms with E-state index in [2.05, 4.69) is 10.1 Å². The lowest BCUT2D eigenvalue weighted by Gasteiger charge is -2.15. The Hall–Kier alpha value is -1.26. The number of benzene rings is 1. The molecule has 1 aromatic rings. The van der Waals surface area contributed by atoms with Crippen LogP contribution in [-0.2, 0) is 4.74 Å². The lowest BCUT2D eigenvalue weighted by atomic mass is 10.1. The van der Waals surface area contributed by atoms with Crippen LogP contribution >= 0.6 is 11.6 Å². The number of rotatable bonds is 5. The van der Waals surface area contributed by atoms with Gasteiger partial charge in [0.15, 0.2) is 0 Å². The topological polar surface area (TPSA) is 64.3 Å². The number of carbonyl (C=O) groups is 1. The zero-order chi connectivity index (χ0) is 13.2. The molecule has 0 bridgehead atoms. The van der Waals surface area contributed by atoms with Crippen molar-refractivity contribution in [2.75, 3.05) is 25.5 Å². The van der Waals surface area contributed by atoms with Gasteiger partial charge in [0, 0.05) is 6.54 Å². The van der Waals surface area contributed by atoms with E-state index in [-0.39, 0.29) is 11.4 Å². The molecule has 1 saturated carbocycles. The Morgan fingerprint density at radius 3 is 2.83 bits per heavy atom. The summed E-state index contributed by atoms with van der Waals surface area (Å²) in [5, 5.41) is 3.86. The van der Waals surface area contributed by atoms with Crippen molar-refractivity contribution in [3.05, 3.63) is 28.8 Å². The quantitative estimate of drug-likeness (QED) is 0.804. The fraction of sp³-hybridized carbons (Fsp3) is 0.462. The van der Waals surface area contributed by atoms with Crippen LogP contribution in [0, 0.1) is 5.41 Å². The number of esters is 1. The molecule has 0 aromatic heterocycles. The Morgan fingerprint density at radius 2 is 2.28 bits per heavy atom. The van der Waals surface area contributed by atoms with Crippen molar-refractivity contribution in [3.8, 4) is 0 Å². The van der Waals surface area contributed by atoms with Crippen molar-refractivity contribution in [2.24, 2.45) is 11.1 Å². The smallest absolute Gasteiger partial charge is 0.337 e. The van der Waals surface area contributed by atoms with E-state index in [1.165, 1.54) is 7.11 Å². The molecule has 0 amide bonds. The van der Waals surface area contributed by atoms with Crippen molar-refractivity contribution in [2.45, 2.75) is 12.8 Å². The highest BCUT2D eigenvalue weighted by Crippen LogP contribution is 2.44. The summed E-state index contributed by atoms with van der Waals surface area (Å²) < 4.78 is 4.68. The van der Waals surface area contributed by atoms with Crippen LogP contribution < -0.4 is 11.1 Å². The summed E-state index contributed by atoms with van der Waals surface area (Å²) in [5.74, 6) is -0.366. The third kappa shape index (κ3) is 2.76. The molecule has 1 aliphatic rings. The average Bonchev–Trinajstić information content (AvgIpc) is 3.17. The molecule has 0 saturated heterocycles. The average molecular weight is 269 g/mol. The van der Waals surface area contributed by atoms with Gasteiger partial charge in [0.1, 0.15) is 0 Å². The summed E-state index contributed by atoms with van der Waals surface area (Å²) in [6, 6.07) is 5.05. The van der Waals surface area contributed by atoms with E-state index in [9.17, 15) is 4.79 Å². The van der Waals surface area contributed by atoms with Crippen molar-refractivity contribution >= 4 is 23.3 Å². The maximum Gasteiger partial charge on any atom is 0.337 e. The molecule has 18 heavy (non-hydrogen) atoms. The summed E-state index contributed by atoms with van der Waals surface area (Å²) in [7, 11) is 1.36. The molecule has 3 N–H and O–H groups in total. The van der Waals surface area contributed by atoms with Gasteiger partial charge in [-0.2, -0.15) is 0 Å². The first-order chi connectivity index (χ1) is 8.60. The van der Waals surface area contributed by atoms with E-state index in [4.69, 9.17) is 17.3 Å². The number of hydrogen-bond acceptors (Lipinski definition) is 4. The van der Waals surface area contributed by atoms with Crippen LogP contribution in [0.3, 0.4) is 0 Å². The van der Waals surface area contributed by atoms with Gasteiger partial charge in [0.25, 0.3) is 0 Å². The standard InChI is InChI=1S/C13H17ClN2O2/c1-18-12(17)9-2-3-10(14)11(6-9)16-8-13(7-15)4-5-13/h2-3,6,16H,4-5,7-8,15H2,1H3. The fourth-order valence-corrected chi connectivity index (χ4v) is 2.00. The molecule has 2 rings (SSSR count). The van der Waals surface area contributed by atoms with E-state index in [0.717, 1.165) is 25.1 Å². The Kier molecular flexibility index (Phi) is 3.78. The van der Waals surface area contributed by atoms with Gasteiger partial charge in [-0.05, 0) is 43.0 Å². The van der Waals surface area contributed by atoms with Crippen LogP contribution in [0.15, 0.2) is 18.2 Å². The van der Waals surface area contributed by atoms with Gasteiger partial charge in [-0.1, -0.05) is 11.6 Å². The summed E-state index contributed by atoms with van der Waals surface area (Å²) in [5.41, 5.74) is 7.17. The van der Waals surface area contributed by atoms with Crippen molar-refractivity contribution < 1.29 is 9.53 Å². The monoisotopic (exact) mass is 268 g/mol. The first-order valence-corrected chi connectivity index (χ1v) is 6.30. The van der Waals surface area contributed by atoms with Crippen LogP contribution in [0.25, 0.3) is 0 Å². The van der Waals surface area contributed by atoms with Crippen molar-refractivity contribution in [1.82, 2.24) is 0 Å². The molecule has 5 heteroatoms. The van der Waals surface area contributed by atoms with Crippen molar-refractivity contribution in [3.63, 3.8) is 0 Å². The van der Waals surface area contributed by atoms with Crippen LogP contribution in [0.2, 0.25) is 5.02 Å². The number of hydrogen-bond donors (Lipinski definition) is 2. The highest BCUT2D eigenvalue weighted by atomic mass is 35.5. The second-order valence-corrected chi connectivity index (χ2v) is 5.15. The zero-order valence-corrected chi connectivity index (χ0v) is 11.1. The molecule has 1 fully saturated rings. The fourth-order valence-electron chi connectivity index (χ4n) is 1.82. The van der Waals surface area contributed by atoms with Crippen molar-refractivity contribution in [1.29, 1.82) is 0 Å². The van der Waals surface area contributed by atoms with E-state index >= 15 is 0 Å². The molecule has 0 spiro atoms. The third-order valence-corrected chi connectivity index (χ3v) is 3.76. The first kappa shape index (κ1) is 13.2. The van der Waals surface area contributed by atoms with Gasteiger partial charge in [-0.15, -0.1) is 0 Å². The van der Waals surface area contributed by atoms with Crippen LogP contribution in [0.1, 0.15) is 23.2 Å². The molecule has 0 unspecified atom stereocenters. The Morgan fingerprint density at radius 1 is 1.56 bits per heavy atom. The molecule has 4 nitrogen and oxygen atoms in total. The van der Waals surface area contributed by atoms with E-state index in [0.29, 0.717) is 17.1 Å². The van der Waals surface area contributed by atoms with Gasteiger partial charge in [0.2, 0.25) is 0 Å². The Labute approximate surface area is 111 Å². The number of carbonyl (C=O) groups excluding carboxylic acids is 1. The van der Waals surface area contributed by atoms with Crippen LogP contribution in [-0.4, -0.2) is 26.2 Å². The predicted octanol–water partition coefficient (Wildman–Crippen LogP) is 2.28. The summed E-state index contributed by atoms with van der Waals surface area (Å²) >= 11 is 6.09. The lowest BCUT2D eigenvalue weighted by molar-refractivity contribution is 0.0601. The Bertz CT molecular complexity index is 458. The number of halogens is 1.